The highest BCUT2D eigenvalue weighted by molar-refractivity contribution is 5.79. The van der Waals surface area contributed by atoms with E-state index in [0.29, 0.717) is 28.1 Å². The van der Waals surface area contributed by atoms with E-state index in [4.69, 9.17) is 4.52 Å². The van der Waals surface area contributed by atoms with Gasteiger partial charge in [0.2, 0.25) is 0 Å². The van der Waals surface area contributed by atoms with Crippen LogP contribution in [0.3, 0.4) is 0 Å². The van der Waals surface area contributed by atoms with Crippen molar-refractivity contribution >= 4 is 16.6 Å². The molecule has 0 atom stereocenters. The third-order valence-corrected chi connectivity index (χ3v) is 4.47. The lowest BCUT2D eigenvalue weighted by Gasteiger charge is -2.05. The second-order valence-electron chi connectivity index (χ2n) is 6.23. The monoisotopic (exact) mass is 380 g/mol. The number of nitro benzene ring substituents is 1. The lowest BCUT2D eigenvalue weighted by atomic mass is 10.1. The minimum absolute atomic E-state index is 0.0843. The van der Waals surface area contributed by atoms with Gasteiger partial charge in [-0.2, -0.15) is 0 Å². The third-order valence-electron chi connectivity index (χ3n) is 4.47. The Morgan fingerprint density at radius 3 is 2.68 bits per heavy atom. The molecule has 0 radical (unpaired) electrons. The molecule has 0 saturated carbocycles. The first-order valence-electron chi connectivity index (χ1n) is 8.28. The van der Waals surface area contributed by atoms with Crippen molar-refractivity contribution in [3.05, 3.63) is 86.3 Å². The molecule has 8 nitrogen and oxygen atoms in total. The molecule has 140 valence electrons. The zero-order chi connectivity index (χ0) is 19.8. The van der Waals surface area contributed by atoms with Crippen LogP contribution < -0.4 is 5.56 Å². The molecule has 0 spiro atoms. The van der Waals surface area contributed by atoms with E-state index in [0.717, 1.165) is 0 Å². The second kappa shape index (κ2) is 6.69. The average Bonchev–Trinajstić information content (AvgIpc) is 3.05. The lowest BCUT2D eigenvalue weighted by Crippen LogP contribution is -2.21. The van der Waals surface area contributed by atoms with Crippen molar-refractivity contribution in [3.8, 4) is 11.3 Å². The number of hydrogen-bond acceptors (Lipinski definition) is 6. The smallest absolute Gasteiger partial charge is 0.270 e. The Labute approximate surface area is 157 Å². The Bertz CT molecular complexity index is 1260. The molecule has 0 aliphatic carbocycles. The molecule has 0 saturated heterocycles. The zero-order valence-corrected chi connectivity index (χ0v) is 14.6. The van der Waals surface area contributed by atoms with E-state index in [2.05, 4.69) is 10.1 Å². The van der Waals surface area contributed by atoms with Gasteiger partial charge in [0, 0.05) is 23.3 Å². The first-order valence-corrected chi connectivity index (χ1v) is 8.28. The van der Waals surface area contributed by atoms with Gasteiger partial charge in [0.1, 0.15) is 11.5 Å². The van der Waals surface area contributed by atoms with Gasteiger partial charge in [-0.3, -0.25) is 19.5 Å². The summed E-state index contributed by atoms with van der Waals surface area (Å²) in [6.45, 7) is 1.87. The molecule has 0 aliphatic rings. The summed E-state index contributed by atoms with van der Waals surface area (Å²) in [5, 5.41) is 15.1. The van der Waals surface area contributed by atoms with E-state index in [-0.39, 0.29) is 23.4 Å². The molecular formula is C19H13FN4O4. The standard InChI is InChI=1S/C19H13FN4O4/c1-11-17(22-28-18(11)12-2-4-13(20)5-3-12)9-23-10-21-16-7-6-14(24(26)27)8-15(16)19(23)25/h2-8,10H,9H2,1H3. The Balaban J connectivity index is 1.72. The number of rotatable bonds is 4. The molecule has 0 amide bonds. The van der Waals surface area contributed by atoms with E-state index < -0.39 is 10.5 Å². The molecule has 4 aromatic rings. The van der Waals surface area contributed by atoms with Gasteiger partial charge in [-0.05, 0) is 37.3 Å². The van der Waals surface area contributed by atoms with Gasteiger partial charge in [0.25, 0.3) is 11.2 Å². The number of nitro groups is 1. The van der Waals surface area contributed by atoms with E-state index in [1.807, 2.05) is 0 Å². The quantitative estimate of drug-likeness (QED) is 0.397. The number of halogens is 1. The summed E-state index contributed by atoms with van der Waals surface area (Å²) < 4.78 is 19.8. The first-order chi connectivity index (χ1) is 13.4. The van der Waals surface area contributed by atoms with Gasteiger partial charge < -0.3 is 4.52 Å². The minimum atomic E-state index is -0.563. The van der Waals surface area contributed by atoms with E-state index in [9.17, 15) is 19.3 Å². The molecule has 0 N–H and O–H groups in total. The van der Waals surface area contributed by atoms with Gasteiger partial charge in [-0.25, -0.2) is 9.37 Å². The van der Waals surface area contributed by atoms with Gasteiger partial charge in [0.05, 0.1) is 28.7 Å². The molecule has 28 heavy (non-hydrogen) atoms. The van der Waals surface area contributed by atoms with Gasteiger partial charge in [0.15, 0.2) is 5.76 Å². The van der Waals surface area contributed by atoms with Crippen LogP contribution in [0, 0.1) is 22.9 Å². The minimum Gasteiger partial charge on any atom is -0.356 e. The first kappa shape index (κ1) is 17.5. The highest BCUT2D eigenvalue weighted by atomic mass is 19.1. The summed E-state index contributed by atoms with van der Waals surface area (Å²) in [6.07, 6.45) is 1.36. The summed E-state index contributed by atoms with van der Waals surface area (Å²) in [6, 6.07) is 9.75. The lowest BCUT2D eigenvalue weighted by molar-refractivity contribution is -0.384. The van der Waals surface area contributed by atoms with Crippen LogP contribution in [0.15, 0.2) is 58.1 Å². The summed E-state index contributed by atoms with van der Waals surface area (Å²) in [7, 11) is 0. The second-order valence-corrected chi connectivity index (χ2v) is 6.23. The van der Waals surface area contributed by atoms with E-state index in [1.54, 1.807) is 19.1 Å². The number of nitrogens with zero attached hydrogens (tertiary/aromatic N) is 4. The van der Waals surface area contributed by atoms with Crippen molar-refractivity contribution in [2.45, 2.75) is 13.5 Å². The predicted octanol–water partition coefficient (Wildman–Crippen LogP) is 3.46. The van der Waals surface area contributed by atoms with Crippen LogP contribution in [0.4, 0.5) is 10.1 Å². The summed E-state index contributed by atoms with van der Waals surface area (Å²) in [5.74, 6) is 0.122. The van der Waals surface area contributed by atoms with Crippen LogP contribution in [0.2, 0.25) is 0 Å². The Kier molecular flexibility index (Phi) is 4.19. The van der Waals surface area contributed by atoms with Crippen LogP contribution in [0.25, 0.3) is 22.2 Å². The number of non-ortho nitro benzene ring substituents is 1. The molecule has 0 aliphatic heterocycles. The van der Waals surface area contributed by atoms with Gasteiger partial charge in [-0.1, -0.05) is 5.16 Å². The van der Waals surface area contributed by atoms with Gasteiger partial charge >= 0.3 is 0 Å². The molecule has 2 heterocycles. The van der Waals surface area contributed by atoms with Crippen LogP contribution in [0.1, 0.15) is 11.3 Å². The summed E-state index contributed by atoms with van der Waals surface area (Å²) in [4.78, 5) is 27.3. The predicted molar refractivity (Wildman–Crippen MR) is 98.4 cm³/mol. The fourth-order valence-electron chi connectivity index (χ4n) is 2.92. The Morgan fingerprint density at radius 1 is 1.21 bits per heavy atom. The van der Waals surface area contributed by atoms with Crippen LogP contribution >= 0.6 is 0 Å². The topological polar surface area (TPSA) is 104 Å². The third kappa shape index (κ3) is 3.02. The largest absolute Gasteiger partial charge is 0.356 e. The molecular weight excluding hydrogens is 367 g/mol. The van der Waals surface area contributed by atoms with Crippen molar-refractivity contribution in [2.24, 2.45) is 0 Å². The zero-order valence-electron chi connectivity index (χ0n) is 14.6. The molecule has 4 rings (SSSR count). The maximum atomic E-state index is 13.1. The molecule has 2 aromatic carbocycles. The van der Waals surface area contributed by atoms with Crippen molar-refractivity contribution in [3.63, 3.8) is 0 Å². The average molecular weight is 380 g/mol. The Hall–Kier alpha value is -3.88. The highest BCUT2D eigenvalue weighted by Gasteiger charge is 2.16. The SMILES string of the molecule is Cc1c(Cn2cnc3ccc([N+](=O)[O-])cc3c2=O)noc1-c1ccc(F)cc1. The molecule has 0 unspecified atom stereocenters. The van der Waals surface area contributed by atoms with Crippen LogP contribution in [-0.4, -0.2) is 19.6 Å². The van der Waals surface area contributed by atoms with E-state index >= 15 is 0 Å². The van der Waals surface area contributed by atoms with Crippen LogP contribution in [-0.2, 0) is 6.54 Å². The maximum absolute atomic E-state index is 13.1. The molecule has 9 heteroatoms. The number of aromatic nitrogens is 3. The molecule has 0 fully saturated rings. The fraction of sp³-hybridized carbons (Fsp3) is 0.105. The fourth-order valence-corrected chi connectivity index (χ4v) is 2.92. The number of hydrogen-bond donors (Lipinski definition) is 0. The van der Waals surface area contributed by atoms with Crippen LogP contribution in [0.5, 0.6) is 0 Å². The van der Waals surface area contributed by atoms with Gasteiger partial charge in [-0.15, -0.1) is 0 Å². The molecule has 2 aromatic heterocycles. The highest BCUT2D eigenvalue weighted by Crippen LogP contribution is 2.26. The number of benzene rings is 2. The maximum Gasteiger partial charge on any atom is 0.270 e. The van der Waals surface area contributed by atoms with Crippen molar-refractivity contribution in [2.75, 3.05) is 0 Å². The Morgan fingerprint density at radius 2 is 1.96 bits per heavy atom. The summed E-state index contributed by atoms with van der Waals surface area (Å²) in [5.41, 5.74) is 1.65. The van der Waals surface area contributed by atoms with Crippen molar-refractivity contribution in [1.29, 1.82) is 0 Å². The normalized spacial score (nSPS) is 11.1. The van der Waals surface area contributed by atoms with E-state index in [1.165, 1.54) is 41.2 Å². The number of fused-ring (bicyclic) bond motifs is 1. The summed E-state index contributed by atoms with van der Waals surface area (Å²) >= 11 is 0. The molecule has 0 bridgehead atoms. The van der Waals surface area contributed by atoms with Crippen molar-refractivity contribution < 1.29 is 13.8 Å². The van der Waals surface area contributed by atoms with Crippen molar-refractivity contribution in [1.82, 2.24) is 14.7 Å².